The van der Waals surface area contributed by atoms with Crippen molar-refractivity contribution in [3.05, 3.63) is 53.7 Å². The fraction of sp³-hybridized carbons (Fsp3) is 0.188. The summed E-state index contributed by atoms with van der Waals surface area (Å²) in [5.74, 6) is 0.338. The van der Waals surface area contributed by atoms with Crippen LogP contribution in [0.15, 0.2) is 42.6 Å². The molecule has 6 heteroatoms. The minimum atomic E-state index is -0.335. The van der Waals surface area contributed by atoms with Crippen molar-refractivity contribution >= 4 is 34.8 Å². The lowest BCUT2D eigenvalue weighted by Gasteiger charge is -2.10. The summed E-state index contributed by atoms with van der Waals surface area (Å²) in [6.45, 7) is 4.10. The van der Waals surface area contributed by atoms with Gasteiger partial charge in [0.2, 0.25) is 0 Å². The maximum absolute atomic E-state index is 11.6. The van der Waals surface area contributed by atoms with Crippen LogP contribution in [0.4, 0.5) is 11.5 Å². The van der Waals surface area contributed by atoms with Crippen molar-refractivity contribution in [1.82, 2.24) is 4.98 Å². The molecule has 0 aliphatic heterocycles. The molecule has 2 rings (SSSR count). The van der Waals surface area contributed by atoms with Crippen molar-refractivity contribution in [3.8, 4) is 0 Å². The highest BCUT2D eigenvalue weighted by atomic mass is 32.1. The Balaban J connectivity index is 1.94. The maximum atomic E-state index is 11.6. The second-order valence-electron chi connectivity index (χ2n) is 4.60. The summed E-state index contributed by atoms with van der Waals surface area (Å²) in [7, 11) is 0. The first-order chi connectivity index (χ1) is 10.6. The molecule has 2 aromatic rings. The van der Waals surface area contributed by atoms with Gasteiger partial charge in [-0.3, -0.25) is 0 Å². The lowest BCUT2D eigenvalue weighted by atomic mass is 10.2. The summed E-state index contributed by atoms with van der Waals surface area (Å²) in [6, 6.07) is 10.7. The summed E-state index contributed by atoms with van der Waals surface area (Å²) < 4.78 is 4.93. The number of anilines is 2. The number of benzene rings is 1. The van der Waals surface area contributed by atoms with Crippen LogP contribution in [0.1, 0.15) is 22.8 Å². The van der Waals surface area contributed by atoms with Crippen molar-refractivity contribution in [2.45, 2.75) is 13.8 Å². The number of hydrogen-bond donors (Lipinski definition) is 2. The molecule has 0 aliphatic carbocycles. The highest BCUT2D eigenvalue weighted by Crippen LogP contribution is 2.11. The standard InChI is InChI=1S/C16H17N3O2S/c1-3-21-15(20)12-5-7-13(8-6-12)18-16(22)19-14-9-4-11(2)10-17-14/h4-10H,3H2,1-2H3,(H2,17,18,19,22). The molecule has 0 spiro atoms. The predicted molar refractivity (Wildman–Crippen MR) is 91.2 cm³/mol. The number of aryl methyl sites for hydroxylation is 1. The number of nitrogens with one attached hydrogen (secondary N) is 2. The molecule has 0 saturated carbocycles. The monoisotopic (exact) mass is 315 g/mol. The van der Waals surface area contributed by atoms with Crippen LogP contribution in [0.5, 0.6) is 0 Å². The van der Waals surface area contributed by atoms with E-state index in [1.165, 1.54) is 0 Å². The van der Waals surface area contributed by atoms with Crippen molar-refractivity contribution in [3.63, 3.8) is 0 Å². The largest absolute Gasteiger partial charge is 0.462 e. The van der Waals surface area contributed by atoms with E-state index in [1.807, 2.05) is 19.1 Å². The first kappa shape index (κ1) is 15.9. The Kier molecular flexibility index (Phi) is 5.43. The number of carbonyl (C=O) groups is 1. The van der Waals surface area contributed by atoms with Crippen molar-refractivity contribution < 1.29 is 9.53 Å². The lowest BCUT2D eigenvalue weighted by Crippen LogP contribution is -2.19. The molecule has 1 heterocycles. The van der Waals surface area contributed by atoms with Crippen LogP contribution < -0.4 is 10.6 Å². The minimum Gasteiger partial charge on any atom is -0.462 e. The Morgan fingerprint density at radius 1 is 1.18 bits per heavy atom. The summed E-state index contributed by atoms with van der Waals surface area (Å²) in [5, 5.41) is 6.46. The number of hydrogen-bond acceptors (Lipinski definition) is 4. The average Bonchev–Trinajstić information content (AvgIpc) is 2.50. The molecular formula is C16H17N3O2S. The Hall–Kier alpha value is -2.47. The molecule has 0 bridgehead atoms. The van der Waals surface area contributed by atoms with Gasteiger partial charge in [-0.15, -0.1) is 0 Å². The third-order valence-electron chi connectivity index (χ3n) is 2.81. The molecule has 0 aliphatic rings. The molecular weight excluding hydrogens is 298 g/mol. The van der Waals surface area contributed by atoms with Crippen LogP contribution in [-0.4, -0.2) is 22.7 Å². The molecule has 22 heavy (non-hydrogen) atoms. The lowest BCUT2D eigenvalue weighted by molar-refractivity contribution is 0.0526. The third-order valence-corrected chi connectivity index (χ3v) is 3.01. The minimum absolute atomic E-state index is 0.335. The number of pyridine rings is 1. The van der Waals surface area contributed by atoms with Gasteiger partial charge in [-0.1, -0.05) is 6.07 Å². The molecule has 1 aromatic heterocycles. The van der Waals surface area contributed by atoms with Crippen LogP contribution in [-0.2, 0) is 4.74 Å². The van der Waals surface area contributed by atoms with Gasteiger partial charge in [0.1, 0.15) is 5.82 Å². The van der Waals surface area contributed by atoms with Gasteiger partial charge in [0.15, 0.2) is 5.11 Å². The fourth-order valence-corrected chi connectivity index (χ4v) is 1.95. The van der Waals surface area contributed by atoms with Gasteiger partial charge in [0.05, 0.1) is 12.2 Å². The van der Waals surface area contributed by atoms with E-state index in [0.717, 1.165) is 11.3 Å². The van der Waals surface area contributed by atoms with Crippen LogP contribution in [0.25, 0.3) is 0 Å². The molecule has 114 valence electrons. The maximum Gasteiger partial charge on any atom is 0.338 e. The zero-order valence-electron chi connectivity index (χ0n) is 12.4. The van der Waals surface area contributed by atoms with E-state index in [9.17, 15) is 4.79 Å². The highest BCUT2D eigenvalue weighted by molar-refractivity contribution is 7.80. The zero-order chi connectivity index (χ0) is 15.9. The van der Waals surface area contributed by atoms with Gasteiger partial charge in [-0.2, -0.15) is 0 Å². The Bertz CT molecular complexity index is 654. The zero-order valence-corrected chi connectivity index (χ0v) is 13.2. The first-order valence-corrected chi connectivity index (χ1v) is 7.27. The molecule has 1 aromatic carbocycles. The van der Waals surface area contributed by atoms with Crippen LogP contribution in [0.3, 0.4) is 0 Å². The average molecular weight is 315 g/mol. The topological polar surface area (TPSA) is 63.2 Å². The summed E-state index contributed by atoms with van der Waals surface area (Å²) in [4.78, 5) is 15.8. The number of esters is 1. The van der Waals surface area contributed by atoms with Gasteiger partial charge < -0.3 is 15.4 Å². The number of rotatable bonds is 4. The second kappa shape index (κ2) is 7.51. The number of ether oxygens (including phenoxy) is 1. The molecule has 5 nitrogen and oxygen atoms in total. The quantitative estimate of drug-likeness (QED) is 0.666. The van der Waals surface area contributed by atoms with E-state index in [-0.39, 0.29) is 5.97 Å². The SMILES string of the molecule is CCOC(=O)c1ccc(NC(=S)Nc2ccc(C)cn2)cc1. The van der Waals surface area contributed by atoms with Gasteiger partial charge >= 0.3 is 5.97 Å². The van der Waals surface area contributed by atoms with E-state index in [2.05, 4.69) is 15.6 Å². The van der Waals surface area contributed by atoms with E-state index < -0.39 is 0 Å². The van der Waals surface area contributed by atoms with E-state index in [0.29, 0.717) is 23.1 Å². The molecule has 0 amide bonds. The summed E-state index contributed by atoms with van der Waals surface area (Å²) >= 11 is 5.22. The van der Waals surface area contributed by atoms with Crippen LogP contribution >= 0.6 is 12.2 Å². The van der Waals surface area contributed by atoms with Gasteiger partial charge in [0.25, 0.3) is 0 Å². The van der Waals surface area contributed by atoms with Gasteiger partial charge in [0, 0.05) is 11.9 Å². The third kappa shape index (κ3) is 4.53. The first-order valence-electron chi connectivity index (χ1n) is 6.86. The fourth-order valence-electron chi connectivity index (χ4n) is 1.72. The molecule has 2 N–H and O–H groups in total. The highest BCUT2D eigenvalue weighted by Gasteiger charge is 2.06. The molecule has 0 saturated heterocycles. The number of carbonyl (C=O) groups excluding carboxylic acids is 1. The van der Waals surface area contributed by atoms with Crippen LogP contribution in [0, 0.1) is 6.92 Å². The van der Waals surface area contributed by atoms with Crippen molar-refractivity contribution in [2.75, 3.05) is 17.2 Å². The van der Waals surface area contributed by atoms with Crippen molar-refractivity contribution in [1.29, 1.82) is 0 Å². The second-order valence-corrected chi connectivity index (χ2v) is 5.01. The van der Waals surface area contributed by atoms with Gasteiger partial charge in [-0.25, -0.2) is 9.78 Å². The van der Waals surface area contributed by atoms with E-state index in [1.54, 1.807) is 37.4 Å². The number of thiocarbonyl (C=S) groups is 1. The number of nitrogens with zero attached hydrogens (tertiary/aromatic N) is 1. The Morgan fingerprint density at radius 3 is 2.50 bits per heavy atom. The Labute approximate surface area is 134 Å². The number of aromatic nitrogens is 1. The normalized spacial score (nSPS) is 9.91. The molecule has 0 atom stereocenters. The smallest absolute Gasteiger partial charge is 0.338 e. The summed E-state index contributed by atoms with van der Waals surface area (Å²) in [5.41, 5.74) is 2.36. The van der Waals surface area contributed by atoms with E-state index >= 15 is 0 Å². The molecule has 0 radical (unpaired) electrons. The molecule has 0 fully saturated rings. The predicted octanol–water partition coefficient (Wildman–Crippen LogP) is 3.38. The van der Waals surface area contributed by atoms with E-state index in [4.69, 9.17) is 17.0 Å². The van der Waals surface area contributed by atoms with Crippen molar-refractivity contribution in [2.24, 2.45) is 0 Å². The van der Waals surface area contributed by atoms with Crippen LogP contribution in [0.2, 0.25) is 0 Å². The molecule has 0 unspecified atom stereocenters. The summed E-state index contributed by atoms with van der Waals surface area (Å²) in [6.07, 6.45) is 1.76. The van der Waals surface area contributed by atoms with Gasteiger partial charge in [-0.05, 0) is 62.0 Å². The Morgan fingerprint density at radius 2 is 1.91 bits per heavy atom.